The maximum atomic E-state index is 12.0. The number of carbonyl (C=O) groups is 1. The Bertz CT molecular complexity index is 437. The summed E-state index contributed by atoms with van der Waals surface area (Å²) >= 11 is 0. The second-order valence-corrected chi connectivity index (χ2v) is 7.71. The van der Waals surface area contributed by atoms with Crippen LogP contribution in [0.2, 0.25) is 0 Å². The van der Waals surface area contributed by atoms with E-state index in [4.69, 9.17) is 0 Å². The van der Waals surface area contributed by atoms with Gasteiger partial charge in [0.15, 0.2) is 0 Å². The van der Waals surface area contributed by atoms with Gasteiger partial charge in [-0.25, -0.2) is 12.7 Å². The first-order valence-electron chi connectivity index (χ1n) is 6.75. The van der Waals surface area contributed by atoms with Crippen molar-refractivity contribution in [2.24, 2.45) is 5.92 Å². The van der Waals surface area contributed by atoms with Gasteiger partial charge in [-0.15, -0.1) is 0 Å². The van der Waals surface area contributed by atoms with Gasteiger partial charge in [0.2, 0.25) is 15.9 Å². The molecular formula is C12H22N2O4S. The number of sulfonamides is 1. The summed E-state index contributed by atoms with van der Waals surface area (Å²) in [5, 5.41) is 12.7. The maximum absolute atomic E-state index is 12.0. The Morgan fingerprint density at radius 2 is 1.95 bits per heavy atom. The lowest BCUT2D eigenvalue weighted by Crippen LogP contribution is -2.50. The maximum Gasteiger partial charge on any atom is 0.223 e. The van der Waals surface area contributed by atoms with Crippen LogP contribution in [0.25, 0.3) is 0 Å². The number of amides is 1. The number of hydrogen-bond acceptors (Lipinski definition) is 4. The topological polar surface area (TPSA) is 86.7 Å². The molecule has 2 aliphatic rings. The highest BCUT2D eigenvalue weighted by molar-refractivity contribution is 7.88. The lowest BCUT2D eigenvalue weighted by molar-refractivity contribution is -0.128. The molecule has 1 heterocycles. The van der Waals surface area contributed by atoms with E-state index in [2.05, 4.69) is 5.32 Å². The van der Waals surface area contributed by atoms with Crippen molar-refractivity contribution in [1.29, 1.82) is 0 Å². The van der Waals surface area contributed by atoms with E-state index >= 15 is 0 Å². The summed E-state index contributed by atoms with van der Waals surface area (Å²) < 4.78 is 24.1. The van der Waals surface area contributed by atoms with E-state index in [9.17, 15) is 18.3 Å². The summed E-state index contributed by atoms with van der Waals surface area (Å²) in [6, 6.07) is 0. The van der Waals surface area contributed by atoms with Gasteiger partial charge in [-0.1, -0.05) is 0 Å². The van der Waals surface area contributed by atoms with Crippen LogP contribution >= 0.6 is 0 Å². The van der Waals surface area contributed by atoms with Gasteiger partial charge in [-0.2, -0.15) is 0 Å². The highest BCUT2D eigenvalue weighted by atomic mass is 32.2. The van der Waals surface area contributed by atoms with E-state index < -0.39 is 15.6 Å². The van der Waals surface area contributed by atoms with Gasteiger partial charge in [0.05, 0.1) is 11.9 Å². The molecule has 19 heavy (non-hydrogen) atoms. The van der Waals surface area contributed by atoms with E-state index in [1.54, 1.807) is 0 Å². The third-order valence-electron chi connectivity index (χ3n) is 4.17. The lowest BCUT2D eigenvalue weighted by atomic mass is 9.80. The molecule has 1 saturated carbocycles. The predicted molar refractivity (Wildman–Crippen MR) is 71.0 cm³/mol. The minimum Gasteiger partial charge on any atom is -0.388 e. The number of nitrogens with zero attached hydrogens (tertiary/aromatic N) is 1. The zero-order valence-corrected chi connectivity index (χ0v) is 12.1. The zero-order chi connectivity index (χ0) is 14.1. The molecule has 0 bridgehead atoms. The van der Waals surface area contributed by atoms with E-state index in [1.807, 2.05) is 0 Å². The molecular weight excluding hydrogens is 268 g/mol. The number of nitrogens with one attached hydrogen (secondary N) is 1. The van der Waals surface area contributed by atoms with Crippen LogP contribution in [0.5, 0.6) is 0 Å². The normalized spacial score (nSPS) is 24.7. The van der Waals surface area contributed by atoms with Crippen molar-refractivity contribution in [3.05, 3.63) is 0 Å². The van der Waals surface area contributed by atoms with Gasteiger partial charge in [0.25, 0.3) is 0 Å². The summed E-state index contributed by atoms with van der Waals surface area (Å²) in [5.41, 5.74) is -0.705. The molecule has 1 saturated heterocycles. The first kappa shape index (κ1) is 14.7. The van der Waals surface area contributed by atoms with E-state index in [1.165, 1.54) is 10.6 Å². The standard InChI is InChI=1S/C12H22N2O4S/c1-19(17,18)14-7-3-10(4-8-14)11(15)13-9-12(16)5-2-6-12/h10,16H,2-9H2,1H3,(H,13,15). The average Bonchev–Trinajstić information content (AvgIpc) is 2.33. The second kappa shape index (κ2) is 5.38. The minimum absolute atomic E-state index is 0.0616. The Balaban J connectivity index is 1.76. The molecule has 0 radical (unpaired) electrons. The summed E-state index contributed by atoms with van der Waals surface area (Å²) in [4.78, 5) is 12.0. The van der Waals surface area contributed by atoms with Crippen molar-refractivity contribution in [3.63, 3.8) is 0 Å². The van der Waals surface area contributed by atoms with Crippen molar-refractivity contribution >= 4 is 15.9 Å². The Kier molecular flexibility index (Phi) is 4.17. The van der Waals surface area contributed by atoms with E-state index in [-0.39, 0.29) is 11.8 Å². The molecule has 6 nitrogen and oxygen atoms in total. The Morgan fingerprint density at radius 1 is 1.37 bits per heavy atom. The second-order valence-electron chi connectivity index (χ2n) is 5.73. The average molecular weight is 290 g/mol. The van der Waals surface area contributed by atoms with Gasteiger partial charge < -0.3 is 10.4 Å². The molecule has 2 rings (SSSR count). The van der Waals surface area contributed by atoms with Crippen LogP contribution in [0.15, 0.2) is 0 Å². The molecule has 0 aromatic heterocycles. The Morgan fingerprint density at radius 3 is 2.37 bits per heavy atom. The summed E-state index contributed by atoms with van der Waals surface area (Å²) in [5.74, 6) is -0.199. The predicted octanol–water partition coefficient (Wildman–Crippen LogP) is -0.311. The third-order valence-corrected chi connectivity index (χ3v) is 5.47. The SMILES string of the molecule is CS(=O)(=O)N1CCC(C(=O)NCC2(O)CCC2)CC1. The summed E-state index contributed by atoms with van der Waals surface area (Å²) in [6.07, 6.45) is 4.81. The van der Waals surface area contributed by atoms with Crippen LogP contribution in [0.1, 0.15) is 32.1 Å². The van der Waals surface area contributed by atoms with Gasteiger partial charge in [-0.05, 0) is 32.1 Å². The summed E-state index contributed by atoms with van der Waals surface area (Å²) in [6.45, 7) is 1.13. The summed E-state index contributed by atoms with van der Waals surface area (Å²) in [7, 11) is -3.14. The fourth-order valence-electron chi connectivity index (χ4n) is 2.61. The van der Waals surface area contributed by atoms with Crippen molar-refractivity contribution in [3.8, 4) is 0 Å². The molecule has 1 amide bonds. The van der Waals surface area contributed by atoms with Crippen molar-refractivity contribution in [2.45, 2.75) is 37.7 Å². The molecule has 1 aliphatic heterocycles. The number of hydrogen-bond donors (Lipinski definition) is 2. The minimum atomic E-state index is -3.14. The monoisotopic (exact) mass is 290 g/mol. The molecule has 0 aromatic rings. The molecule has 0 aromatic carbocycles. The van der Waals surface area contributed by atoms with Crippen LogP contribution < -0.4 is 5.32 Å². The number of piperidine rings is 1. The van der Waals surface area contributed by atoms with Crippen LogP contribution in [-0.4, -0.2) is 55.2 Å². The third kappa shape index (κ3) is 3.67. The van der Waals surface area contributed by atoms with Crippen molar-refractivity contribution in [1.82, 2.24) is 9.62 Å². The molecule has 110 valence electrons. The smallest absolute Gasteiger partial charge is 0.223 e. The molecule has 1 aliphatic carbocycles. The molecule has 7 heteroatoms. The fourth-order valence-corrected chi connectivity index (χ4v) is 3.48. The number of aliphatic hydroxyl groups is 1. The molecule has 2 fully saturated rings. The highest BCUT2D eigenvalue weighted by Crippen LogP contribution is 2.30. The zero-order valence-electron chi connectivity index (χ0n) is 11.3. The van der Waals surface area contributed by atoms with Crippen LogP contribution in [0.3, 0.4) is 0 Å². The quantitative estimate of drug-likeness (QED) is 0.743. The van der Waals surface area contributed by atoms with E-state index in [0.717, 1.165) is 19.3 Å². The van der Waals surface area contributed by atoms with Gasteiger partial charge in [0.1, 0.15) is 0 Å². The van der Waals surface area contributed by atoms with Crippen molar-refractivity contribution in [2.75, 3.05) is 25.9 Å². The van der Waals surface area contributed by atoms with Crippen LogP contribution in [0.4, 0.5) is 0 Å². The van der Waals surface area contributed by atoms with Gasteiger partial charge in [-0.3, -0.25) is 4.79 Å². The van der Waals surface area contributed by atoms with Crippen LogP contribution in [0, 0.1) is 5.92 Å². The number of rotatable bonds is 4. The first-order valence-corrected chi connectivity index (χ1v) is 8.60. The molecule has 2 N–H and O–H groups in total. The molecule has 0 unspecified atom stereocenters. The number of carbonyl (C=O) groups excluding carboxylic acids is 1. The lowest BCUT2D eigenvalue weighted by Gasteiger charge is -2.37. The Hall–Kier alpha value is -0.660. The van der Waals surface area contributed by atoms with Crippen LogP contribution in [-0.2, 0) is 14.8 Å². The van der Waals surface area contributed by atoms with E-state index in [0.29, 0.717) is 32.5 Å². The molecule has 0 spiro atoms. The largest absolute Gasteiger partial charge is 0.388 e. The fraction of sp³-hybridized carbons (Fsp3) is 0.917. The Labute approximate surface area is 114 Å². The highest BCUT2D eigenvalue weighted by Gasteiger charge is 2.36. The first-order chi connectivity index (χ1) is 8.80. The van der Waals surface area contributed by atoms with Gasteiger partial charge in [0, 0.05) is 25.6 Å². The molecule has 0 atom stereocenters. The van der Waals surface area contributed by atoms with Gasteiger partial charge >= 0.3 is 0 Å². The van der Waals surface area contributed by atoms with Crippen molar-refractivity contribution < 1.29 is 18.3 Å².